The van der Waals surface area contributed by atoms with Gasteiger partial charge in [0.15, 0.2) is 0 Å². The molecule has 0 unspecified atom stereocenters. The van der Waals surface area contributed by atoms with Crippen molar-refractivity contribution in [2.75, 3.05) is 12.3 Å². The largest absolute Gasteiger partial charge is 0.491 e. The Morgan fingerprint density at radius 1 is 1.30 bits per heavy atom. The lowest BCUT2D eigenvalue weighted by atomic mass is 10.1. The molecule has 0 radical (unpaired) electrons. The maximum absolute atomic E-state index is 12.0. The Morgan fingerprint density at radius 3 is 2.70 bits per heavy atom. The maximum Gasteiger partial charge on any atom is 0.244 e. The zero-order valence-corrected chi connectivity index (χ0v) is 14.0. The molecule has 0 spiro atoms. The van der Waals surface area contributed by atoms with Gasteiger partial charge in [0.05, 0.1) is 12.3 Å². The van der Waals surface area contributed by atoms with Gasteiger partial charge in [-0.1, -0.05) is 38.7 Å². The predicted octanol–water partition coefficient (Wildman–Crippen LogP) is 3.91. The van der Waals surface area contributed by atoms with Crippen LogP contribution in [0.1, 0.15) is 57.4 Å². The second kappa shape index (κ2) is 9.23. The summed E-state index contributed by atoms with van der Waals surface area (Å²) in [6.07, 6.45) is 11.5. The van der Waals surface area contributed by atoms with Gasteiger partial charge in [-0.15, -0.1) is 0 Å². The first-order valence-electron chi connectivity index (χ1n) is 8.70. The summed E-state index contributed by atoms with van der Waals surface area (Å²) in [7, 11) is 0. The third-order valence-corrected chi connectivity index (χ3v) is 4.12. The zero-order chi connectivity index (χ0) is 16.5. The van der Waals surface area contributed by atoms with E-state index in [-0.39, 0.29) is 5.91 Å². The van der Waals surface area contributed by atoms with E-state index in [1.165, 1.54) is 25.7 Å². The van der Waals surface area contributed by atoms with Gasteiger partial charge in [-0.05, 0) is 43.0 Å². The molecule has 1 aromatic rings. The van der Waals surface area contributed by atoms with E-state index < -0.39 is 0 Å². The molecular weight excluding hydrogens is 288 g/mol. The molecule has 0 atom stereocenters. The number of ether oxygens (including phenoxy) is 1. The van der Waals surface area contributed by atoms with Crippen LogP contribution in [-0.4, -0.2) is 18.6 Å². The van der Waals surface area contributed by atoms with Crippen molar-refractivity contribution in [1.82, 2.24) is 5.32 Å². The molecular formula is C19H28N2O2. The van der Waals surface area contributed by atoms with Crippen LogP contribution in [0, 0.1) is 0 Å². The van der Waals surface area contributed by atoms with Crippen LogP contribution in [-0.2, 0) is 4.79 Å². The minimum atomic E-state index is -0.0261. The van der Waals surface area contributed by atoms with Crippen LogP contribution in [0.25, 0.3) is 6.08 Å². The van der Waals surface area contributed by atoms with Crippen molar-refractivity contribution < 1.29 is 9.53 Å². The van der Waals surface area contributed by atoms with E-state index in [2.05, 4.69) is 12.2 Å². The first-order valence-corrected chi connectivity index (χ1v) is 8.70. The molecule has 0 heterocycles. The van der Waals surface area contributed by atoms with Gasteiger partial charge in [0.2, 0.25) is 5.91 Å². The molecule has 1 aromatic carbocycles. The molecule has 2 rings (SSSR count). The monoisotopic (exact) mass is 316 g/mol. The van der Waals surface area contributed by atoms with Crippen LogP contribution in [0.5, 0.6) is 5.75 Å². The number of carbonyl (C=O) groups excluding carboxylic acids is 1. The lowest BCUT2D eigenvalue weighted by Crippen LogP contribution is -2.33. The quantitative estimate of drug-likeness (QED) is 0.475. The number of carbonyl (C=O) groups is 1. The highest BCUT2D eigenvalue weighted by molar-refractivity contribution is 5.92. The number of nitrogens with one attached hydrogen (secondary N) is 1. The molecule has 23 heavy (non-hydrogen) atoms. The Labute approximate surface area is 139 Å². The van der Waals surface area contributed by atoms with Gasteiger partial charge in [0.1, 0.15) is 5.75 Å². The van der Waals surface area contributed by atoms with Crippen LogP contribution >= 0.6 is 0 Å². The average Bonchev–Trinajstić information content (AvgIpc) is 2.80. The lowest BCUT2D eigenvalue weighted by Gasteiger charge is -2.14. The van der Waals surface area contributed by atoms with Crippen molar-refractivity contribution >= 4 is 17.7 Å². The van der Waals surface area contributed by atoms with E-state index in [0.717, 1.165) is 24.8 Å². The number of rotatable bonds is 6. The average molecular weight is 316 g/mol. The highest BCUT2D eigenvalue weighted by Crippen LogP contribution is 2.23. The van der Waals surface area contributed by atoms with Crippen molar-refractivity contribution in [3.8, 4) is 5.75 Å². The van der Waals surface area contributed by atoms with Crippen LogP contribution in [0.15, 0.2) is 24.3 Å². The molecule has 1 aliphatic rings. The molecule has 1 saturated carbocycles. The van der Waals surface area contributed by atoms with E-state index >= 15 is 0 Å². The molecule has 0 bridgehead atoms. The Balaban J connectivity index is 1.88. The topological polar surface area (TPSA) is 64.3 Å². The summed E-state index contributed by atoms with van der Waals surface area (Å²) in [4.78, 5) is 12.0. The lowest BCUT2D eigenvalue weighted by molar-refractivity contribution is -0.117. The first kappa shape index (κ1) is 17.4. The molecule has 0 aliphatic heterocycles. The Hall–Kier alpha value is -1.97. The molecule has 4 nitrogen and oxygen atoms in total. The summed E-state index contributed by atoms with van der Waals surface area (Å²) in [5, 5.41) is 3.10. The SMILES string of the molecule is CCCOc1ccc(/C=C\C(=O)NC2CCCCCC2)cc1N. The summed E-state index contributed by atoms with van der Waals surface area (Å²) in [6.45, 7) is 2.71. The predicted molar refractivity (Wildman–Crippen MR) is 95.3 cm³/mol. The zero-order valence-electron chi connectivity index (χ0n) is 14.0. The van der Waals surface area contributed by atoms with Crippen molar-refractivity contribution in [1.29, 1.82) is 0 Å². The third kappa shape index (κ3) is 5.97. The van der Waals surface area contributed by atoms with Gasteiger partial charge in [-0.25, -0.2) is 0 Å². The number of anilines is 1. The van der Waals surface area contributed by atoms with Crippen molar-refractivity contribution in [3.63, 3.8) is 0 Å². The minimum Gasteiger partial charge on any atom is -0.491 e. The standard InChI is InChI=1S/C19H28N2O2/c1-2-13-23-18-11-9-15(14-17(18)20)10-12-19(22)21-16-7-5-3-4-6-8-16/h9-12,14,16H,2-8,13,20H2,1H3,(H,21,22)/b12-10-. The minimum absolute atomic E-state index is 0.0261. The van der Waals surface area contributed by atoms with Crippen LogP contribution in [0.3, 0.4) is 0 Å². The smallest absolute Gasteiger partial charge is 0.244 e. The van der Waals surface area contributed by atoms with E-state index in [9.17, 15) is 4.79 Å². The van der Waals surface area contributed by atoms with E-state index in [1.807, 2.05) is 18.2 Å². The molecule has 0 saturated heterocycles. The number of nitrogens with two attached hydrogens (primary N) is 1. The molecule has 126 valence electrons. The van der Waals surface area contributed by atoms with Gasteiger partial charge in [-0.3, -0.25) is 4.79 Å². The number of benzene rings is 1. The number of hydrogen-bond donors (Lipinski definition) is 2. The van der Waals surface area contributed by atoms with Gasteiger partial charge >= 0.3 is 0 Å². The van der Waals surface area contributed by atoms with E-state index in [0.29, 0.717) is 24.1 Å². The Kier molecular flexibility index (Phi) is 6.98. The Morgan fingerprint density at radius 2 is 2.04 bits per heavy atom. The number of nitrogen functional groups attached to an aromatic ring is 1. The summed E-state index contributed by atoms with van der Waals surface area (Å²) < 4.78 is 5.55. The Bertz CT molecular complexity index is 532. The van der Waals surface area contributed by atoms with Gasteiger partial charge in [0, 0.05) is 12.1 Å². The van der Waals surface area contributed by atoms with Crippen molar-refractivity contribution in [3.05, 3.63) is 29.8 Å². The fourth-order valence-electron chi connectivity index (χ4n) is 2.86. The molecule has 3 N–H and O–H groups in total. The van der Waals surface area contributed by atoms with Gasteiger partial charge in [0.25, 0.3) is 0 Å². The highest BCUT2D eigenvalue weighted by atomic mass is 16.5. The van der Waals surface area contributed by atoms with E-state index in [4.69, 9.17) is 10.5 Å². The molecule has 1 amide bonds. The van der Waals surface area contributed by atoms with Crippen LogP contribution in [0.4, 0.5) is 5.69 Å². The van der Waals surface area contributed by atoms with Crippen molar-refractivity contribution in [2.45, 2.75) is 57.9 Å². The number of hydrogen-bond acceptors (Lipinski definition) is 3. The summed E-state index contributed by atoms with van der Waals surface area (Å²) in [5.74, 6) is 0.675. The summed E-state index contributed by atoms with van der Waals surface area (Å²) >= 11 is 0. The summed E-state index contributed by atoms with van der Waals surface area (Å²) in [5.41, 5.74) is 7.48. The molecule has 4 heteroatoms. The van der Waals surface area contributed by atoms with Gasteiger partial charge in [-0.2, -0.15) is 0 Å². The fraction of sp³-hybridized carbons (Fsp3) is 0.526. The van der Waals surface area contributed by atoms with Crippen molar-refractivity contribution in [2.24, 2.45) is 0 Å². The second-order valence-electron chi connectivity index (χ2n) is 6.18. The fourth-order valence-corrected chi connectivity index (χ4v) is 2.86. The van der Waals surface area contributed by atoms with Crippen LogP contribution in [0.2, 0.25) is 0 Å². The first-order chi connectivity index (χ1) is 11.2. The highest BCUT2D eigenvalue weighted by Gasteiger charge is 2.13. The third-order valence-electron chi connectivity index (χ3n) is 4.12. The second-order valence-corrected chi connectivity index (χ2v) is 6.18. The van der Waals surface area contributed by atoms with E-state index in [1.54, 1.807) is 12.2 Å². The molecule has 1 fully saturated rings. The van der Waals surface area contributed by atoms with Crippen LogP contribution < -0.4 is 15.8 Å². The normalized spacial score (nSPS) is 16.2. The summed E-state index contributed by atoms with van der Waals surface area (Å²) in [6, 6.07) is 5.93. The molecule has 1 aliphatic carbocycles. The van der Waals surface area contributed by atoms with Gasteiger partial charge < -0.3 is 15.8 Å². The number of amides is 1. The molecule has 0 aromatic heterocycles. The maximum atomic E-state index is 12.0.